The summed E-state index contributed by atoms with van der Waals surface area (Å²) in [5, 5.41) is 9.88. The molecule has 0 spiro atoms. The van der Waals surface area contributed by atoms with Crippen LogP contribution in [0.25, 0.3) is 12.2 Å². The Kier molecular flexibility index (Phi) is 9.27. The SMILES string of the molecule is C[C@H](CO)N1C[C@H](C)[C@H](CN(C)Cc2cccc(C(F)(F)F)c2)Oc2ncc(/C=C/c3ccccc3)cc2C1=O. The van der Waals surface area contributed by atoms with E-state index in [4.69, 9.17) is 4.74 Å². The molecule has 0 saturated carbocycles. The van der Waals surface area contributed by atoms with E-state index in [0.29, 0.717) is 24.2 Å². The van der Waals surface area contributed by atoms with Gasteiger partial charge in [0.25, 0.3) is 5.91 Å². The van der Waals surface area contributed by atoms with Crippen LogP contribution in [-0.4, -0.2) is 64.7 Å². The van der Waals surface area contributed by atoms with Gasteiger partial charge in [-0.05, 0) is 42.8 Å². The molecule has 9 heteroatoms. The third-order valence-corrected chi connectivity index (χ3v) is 7.01. The minimum Gasteiger partial charge on any atom is -0.472 e. The third-order valence-electron chi connectivity index (χ3n) is 7.01. The molecule has 1 aliphatic heterocycles. The first-order valence-corrected chi connectivity index (χ1v) is 13.2. The second-order valence-electron chi connectivity index (χ2n) is 10.4. The number of hydrogen-bond donors (Lipinski definition) is 1. The number of hydrogen-bond acceptors (Lipinski definition) is 5. The number of rotatable bonds is 8. The van der Waals surface area contributed by atoms with E-state index in [2.05, 4.69) is 4.98 Å². The molecule has 1 N–H and O–H groups in total. The number of alkyl halides is 3. The van der Waals surface area contributed by atoms with Crippen molar-refractivity contribution in [2.24, 2.45) is 5.92 Å². The maximum Gasteiger partial charge on any atom is 0.416 e. The van der Waals surface area contributed by atoms with Gasteiger partial charge in [-0.1, -0.05) is 67.6 Å². The maximum atomic E-state index is 13.6. The predicted molar refractivity (Wildman–Crippen MR) is 149 cm³/mol. The van der Waals surface area contributed by atoms with Crippen LogP contribution in [0.2, 0.25) is 0 Å². The van der Waals surface area contributed by atoms with Gasteiger partial charge in [-0.15, -0.1) is 0 Å². The van der Waals surface area contributed by atoms with Crippen molar-refractivity contribution < 1.29 is 27.8 Å². The Morgan fingerprint density at radius 2 is 1.85 bits per heavy atom. The Labute approximate surface area is 232 Å². The average Bonchev–Trinajstić information content (AvgIpc) is 2.93. The zero-order chi connectivity index (χ0) is 28.9. The summed E-state index contributed by atoms with van der Waals surface area (Å²) in [6, 6.07) is 16.4. The van der Waals surface area contributed by atoms with Crippen molar-refractivity contribution in [3.63, 3.8) is 0 Å². The van der Waals surface area contributed by atoms with Crippen LogP contribution in [-0.2, 0) is 12.7 Å². The molecule has 0 radical (unpaired) electrons. The second kappa shape index (κ2) is 12.7. The van der Waals surface area contributed by atoms with Crippen LogP contribution in [0, 0.1) is 5.92 Å². The van der Waals surface area contributed by atoms with E-state index < -0.39 is 23.9 Å². The summed E-state index contributed by atoms with van der Waals surface area (Å²) >= 11 is 0. The van der Waals surface area contributed by atoms with Crippen molar-refractivity contribution in [3.05, 3.63) is 94.7 Å². The smallest absolute Gasteiger partial charge is 0.416 e. The summed E-state index contributed by atoms with van der Waals surface area (Å²) in [7, 11) is 1.82. The lowest BCUT2D eigenvalue weighted by Gasteiger charge is -2.37. The number of ether oxygens (including phenoxy) is 1. The number of amides is 1. The zero-order valence-electron chi connectivity index (χ0n) is 22.8. The lowest BCUT2D eigenvalue weighted by atomic mass is 9.99. The average molecular weight is 554 g/mol. The fraction of sp³-hybridized carbons (Fsp3) is 0.355. The quantitative estimate of drug-likeness (QED) is 0.392. The zero-order valence-corrected chi connectivity index (χ0v) is 22.8. The minimum atomic E-state index is -4.41. The van der Waals surface area contributed by atoms with Crippen LogP contribution in [0.4, 0.5) is 13.2 Å². The first kappa shape index (κ1) is 29.3. The number of likely N-dealkylation sites (N-methyl/N-ethyl adjacent to an activating group) is 1. The molecule has 6 nitrogen and oxygen atoms in total. The Morgan fingerprint density at radius 1 is 1.12 bits per heavy atom. The molecule has 4 rings (SSSR count). The highest BCUT2D eigenvalue weighted by Crippen LogP contribution is 2.31. The molecular formula is C31H34F3N3O3. The van der Waals surface area contributed by atoms with Crippen LogP contribution < -0.4 is 4.74 Å². The molecule has 0 saturated heterocycles. The lowest BCUT2D eigenvalue weighted by Crippen LogP contribution is -2.49. The van der Waals surface area contributed by atoms with Crippen molar-refractivity contribution in [1.29, 1.82) is 0 Å². The van der Waals surface area contributed by atoms with Crippen LogP contribution >= 0.6 is 0 Å². The molecule has 3 aromatic rings. The fourth-order valence-corrected chi connectivity index (χ4v) is 4.71. The monoisotopic (exact) mass is 553 g/mol. The van der Waals surface area contributed by atoms with Gasteiger partial charge in [-0.2, -0.15) is 13.2 Å². The maximum absolute atomic E-state index is 13.6. The van der Waals surface area contributed by atoms with E-state index in [1.165, 1.54) is 6.07 Å². The van der Waals surface area contributed by atoms with Crippen LogP contribution in [0.3, 0.4) is 0 Å². The summed E-state index contributed by atoms with van der Waals surface area (Å²) in [5.74, 6) is -0.225. The van der Waals surface area contributed by atoms with Crippen LogP contribution in [0.1, 0.15) is 46.5 Å². The Hall–Kier alpha value is -3.69. The molecule has 2 aromatic carbocycles. The molecule has 1 aromatic heterocycles. The first-order chi connectivity index (χ1) is 19.0. The Bertz CT molecular complexity index is 1330. The van der Waals surface area contributed by atoms with Crippen molar-refractivity contribution in [2.45, 2.75) is 38.7 Å². The van der Waals surface area contributed by atoms with E-state index in [1.54, 1.807) is 30.2 Å². The number of aromatic nitrogens is 1. The first-order valence-electron chi connectivity index (χ1n) is 13.2. The topological polar surface area (TPSA) is 65.9 Å². The molecule has 1 amide bonds. The van der Waals surface area contributed by atoms with Crippen LogP contribution in [0.5, 0.6) is 5.88 Å². The molecule has 1 aliphatic rings. The number of aliphatic hydroxyl groups excluding tert-OH is 1. The number of halogens is 3. The summed E-state index contributed by atoms with van der Waals surface area (Å²) in [6.45, 7) is 4.56. The van der Waals surface area contributed by atoms with Gasteiger partial charge in [0.15, 0.2) is 0 Å². The molecule has 0 fully saturated rings. The number of pyridine rings is 1. The normalized spacial score (nSPS) is 18.8. The standard InChI is InChI=1S/C31H34F3N3O3/c1-21-17-37(22(2)20-38)30(39)27-15-24(13-12-23-8-5-4-6-9-23)16-35-29(27)40-28(21)19-36(3)18-25-10-7-11-26(14-25)31(32,33)34/h4-16,21-22,28,38H,17-20H2,1-3H3/b13-12+/t21-,22+,28-/m0/s1. The predicted octanol–water partition coefficient (Wildman–Crippen LogP) is 5.62. The largest absolute Gasteiger partial charge is 0.472 e. The molecule has 0 aliphatic carbocycles. The molecule has 3 atom stereocenters. The van der Waals surface area contributed by atoms with Gasteiger partial charge in [-0.25, -0.2) is 4.98 Å². The summed E-state index contributed by atoms with van der Waals surface area (Å²) in [5.41, 5.74) is 1.88. The van der Waals surface area contributed by atoms with E-state index >= 15 is 0 Å². The molecule has 2 heterocycles. The minimum absolute atomic E-state index is 0.144. The highest BCUT2D eigenvalue weighted by Gasteiger charge is 2.34. The number of aliphatic hydroxyl groups is 1. The molecule has 0 bridgehead atoms. The number of benzene rings is 2. The van der Waals surface area contributed by atoms with Crippen molar-refractivity contribution in [2.75, 3.05) is 26.7 Å². The molecule has 212 valence electrons. The van der Waals surface area contributed by atoms with Gasteiger partial charge in [0.2, 0.25) is 5.88 Å². The number of carbonyl (C=O) groups is 1. The highest BCUT2D eigenvalue weighted by molar-refractivity contribution is 5.97. The van der Waals surface area contributed by atoms with Gasteiger partial charge in [0.05, 0.1) is 18.2 Å². The summed E-state index contributed by atoms with van der Waals surface area (Å²) in [6.07, 6.45) is 0.627. The molecule has 40 heavy (non-hydrogen) atoms. The summed E-state index contributed by atoms with van der Waals surface area (Å²) in [4.78, 5) is 21.6. The number of nitrogens with zero attached hydrogens (tertiary/aromatic N) is 3. The van der Waals surface area contributed by atoms with E-state index in [1.807, 2.05) is 61.4 Å². The van der Waals surface area contributed by atoms with Crippen molar-refractivity contribution in [3.8, 4) is 5.88 Å². The van der Waals surface area contributed by atoms with Gasteiger partial charge in [0.1, 0.15) is 11.7 Å². The van der Waals surface area contributed by atoms with E-state index in [-0.39, 0.29) is 30.9 Å². The Morgan fingerprint density at radius 3 is 2.55 bits per heavy atom. The van der Waals surface area contributed by atoms with Gasteiger partial charge in [0, 0.05) is 31.7 Å². The number of fused-ring (bicyclic) bond motifs is 1. The second-order valence-corrected chi connectivity index (χ2v) is 10.4. The summed E-state index contributed by atoms with van der Waals surface area (Å²) < 4.78 is 45.9. The third kappa shape index (κ3) is 7.28. The number of carbonyl (C=O) groups excluding carboxylic acids is 1. The fourth-order valence-electron chi connectivity index (χ4n) is 4.71. The molecule has 0 unspecified atom stereocenters. The Balaban J connectivity index is 1.59. The highest BCUT2D eigenvalue weighted by atomic mass is 19.4. The lowest BCUT2D eigenvalue weighted by molar-refractivity contribution is -0.137. The van der Waals surface area contributed by atoms with Crippen LogP contribution in [0.15, 0.2) is 66.9 Å². The van der Waals surface area contributed by atoms with Crippen molar-refractivity contribution >= 4 is 18.1 Å². The van der Waals surface area contributed by atoms with Gasteiger partial charge in [-0.3, -0.25) is 9.69 Å². The van der Waals surface area contributed by atoms with Gasteiger partial charge < -0.3 is 14.7 Å². The van der Waals surface area contributed by atoms with Gasteiger partial charge >= 0.3 is 6.18 Å². The van der Waals surface area contributed by atoms with Crippen molar-refractivity contribution in [1.82, 2.24) is 14.8 Å². The molecular weight excluding hydrogens is 519 g/mol. The van der Waals surface area contributed by atoms with E-state index in [0.717, 1.165) is 23.3 Å². The van der Waals surface area contributed by atoms with E-state index in [9.17, 15) is 23.1 Å².